The Morgan fingerprint density at radius 3 is 2.67 bits per heavy atom. The Morgan fingerprint density at radius 2 is 2.00 bits per heavy atom. The molecule has 1 aromatic rings. The standard InChI is InChI=1S/C16H23ClN2O2/c17-14-11-12(18)7-8-15(14)19-16(20)9-10-21-13-5-3-1-2-4-6-13/h7-8,11,13H,1-6,9-10,18H2,(H,19,20). The minimum Gasteiger partial charge on any atom is -0.399 e. The fraction of sp³-hybridized carbons (Fsp3) is 0.562. The molecular formula is C16H23ClN2O2. The lowest BCUT2D eigenvalue weighted by Crippen LogP contribution is -2.18. The number of anilines is 2. The smallest absolute Gasteiger partial charge is 0.226 e. The van der Waals surface area contributed by atoms with Gasteiger partial charge in [0.1, 0.15) is 0 Å². The lowest BCUT2D eigenvalue weighted by Gasteiger charge is -2.15. The first-order valence-electron chi connectivity index (χ1n) is 7.61. The quantitative estimate of drug-likeness (QED) is 0.638. The van der Waals surface area contributed by atoms with E-state index in [-0.39, 0.29) is 5.91 Å². The molecule has 0 radical (unpaired) electrons. The van der Waals surface area contributed by atoms with Gasteiger partial charge in [-0.05, 0) is 31.0 Å². The molecule has 0 heterocycles. The van der Waals surface area contributed by atoms with E-state index in [1.54, 1.807) is 18.2 Å². The van der Waals surface area contributed by atoms with Crippen LogP contribution in [0.3, 0.4) is 0 Å². The lowest BCUT2D eigenvalue weighted by molar-refractivity contribution is -0.117. The Hall–Kier alpha value is -1.26. The molecule has 0 atom stereocenters. The molecule has 0 spiro atoms. The third kappa shape index (κ3) is 5.56. The first-order chi connectivity index (χ1) is 10.1. The fourth-order valence-electron chi connectivity index (χ4n) is 2.57. The molecule has 21 heavy (non-hydrogen) atoms. The number of nitrogen functional groups attached to an aromatic ring is 1. The first-order valence-corrected chi connectivity index (χ1v) is 7.99. The molecule has 0 saturated heterocycles. The number of amides is 1. The summed E-state index contributed by atoms with van der Waals surface area (Å²) in [5, 5.41) is 3.23. The predicted octanol–water partition coefficient (Wildman–Crippen LogP) is 3.99. The summed E-state index contributed by atoms with van der Waals surface area (Å²) in [5.74, 6) is -0.0877. The van der Waals surface area contributed by atoms with Crippen molar-refractivity contribution >= 4 is 28.9 Å². The molecule has 1 aliphatic rings. The molecular weight excluding hydrogens is 288 g/mol. The number of ether oxygens (including phenoxy) is 1. The van der Waals surface area contributed by atoms with Crippen LogP contribution in [0.25, 0.3) is 0 Å². The highest BCUT2D eigenvalue weighted by Gasteiger charge is 2.13. The van der Waals surface area contributed by atoms with Gasteiger partial charge in [0, 0.05) is 5.69 Å². The average Bonchev–Trinajstić information content (AvgIpc) is 2.71. The minimum atomic E-state index is -0.0877. The highest BCUT2D eigenvalue weighted by atomic mass is 35.5. The Kier molecular flexibility index (Phi) is 6.33. The number of halogens is 1. The Labute approximate surface area is 131 Å². The van der Waals surface area contributed by atoms with Crippen LogP contribution >= 0.6 is 11.6 Å². The van der Waals surface area contributed by atoms with Gasteiger partial charge >= 0.3 is 0 Å². The van der Waals surface area contributed by atoms with E-state index in [2.05, 4.69) is 5.32 Å². The number of hydrogen-bond donors (Lipinski definition) is 2. The first kappa shape index (κ1) is 16.1. The third-order valence-electron chi connectivity index (χ3n) is 3.75. The second-order valence-electron chi connectivity index (χ2n) is 5.52. The van der Waals surface area contributed by atoms with Gasteiger partial charge in [0.05, 0.1) is 29.8 Å². The number of nitrogens with two attached hydrogens (primary N) is 1. The molecule has 0 aromatic heterocycles. The molecule has 1 amide bonds. The van der Waals surface area contributed by atoms with E-state index in [1.807, 2.05) is 0 Å². The van der Waals surface area contributed by atoms with E-state index in [0.717, 1.165) is 12.8 Å². The fourth-order valence-corrected chi connectivity index (χ4v) is 2.81. The molecule has 0 unspecified atom stereocenters. The summed E-state index contributed by atoms with van der Waals surface area (Å²) in [7, 11) is 0. The molecule has 3 N–H and O–H groups in total. The van der Waals surface area contributed by atoms with Crippen molar-refractivity contribution in [3.05, 3.63) is 23.2 Å². The Balaban J connectivity index is 1.71. The van der Waals surface area contributed by atoms with E-state index in [0.29, 0.717) is 35.5 Å². The second kappa shape index (κ2) is 8.25. The van der Waals surface area contributed by atoms with E-state index < -0.39 is 0 Å². The number of rotatable bonds is 5. The van der Waals surface area contributed by atoms with Gasteiger partial charge in [-0.3, -0.25) is 4.79 Å². The number of carbonyl (C=O) groups excluding carboxylic acids is 1. The van der Waals surface area contributed by atoms with Gasteiger partial charge in [-0.25, -0.2) is 0 Å². The minimum absolute atomic E-state index is 0.0877. The van der Waals surface area contributed by atoms with Crippen LogP contribution in [0, 0.1) is 0 Å². The van der Waals surface area contributed by atoms with Gasteiger partial charge in [-0.15, -0.1) is 0 Å². The van der Waals surface area contributed by atoms with E-state index in [4.69, 9.17) is 22.1 Å². The van der Waals surface area contributed by atoms with E-state index >= 15 is 0 Å². The van der Waals surface area contributed by atoms with E-state index in [9.17, 15) is 4.79 Å². The van der Waals surface area contributed by atoms with Gasteiger partial charge in [0.2, 0.25) is 5.91 Å². The maximum absolute atomic E-state index is 11.9. The third-order valence-corrected chi connectivity index (χ3v) is 4.06. The van der Waals surface area contributed by atoms with Crippen molar-refractivity contribution in [1.29, 1.82) is 0 Å². The van der Waals surface area contributed by atoms with Crippen molar-refractivity contribution in [1.82, 2.24) is 0 Å². The molecule has 116 valence electrons. The van der Waals surface area contributed by atoms with Crippen LogP contribution in [-0.2, 0) is 9.53 Å². The molecule has 2 rings (SSSR count). The van der Waals surface area contributed by atoms with Crippen LogP contribution in [0.4, 0.5) is 11.4 Å². The summed E-state index contributed by atoms with van der Waals surface area (Å²) < 4.78 is 5.81. The topological polar surface area (TPSA) is 64.3 Å². The molecule has 0 bridgehead atoms. The molecule has 5 heteroatoms. The number of carbonyl (C=O) groups is 1. The average molecular weight is 311 g/mol. The molecule has 0 aliphatic heterocycles. The summed E-state index contributed by atoms with van der Waals surface area (Å²) in [5.41, 5.74) is 6.78. The summed E-state index contributed by atoms with van der Waals surface area (Å²) in [4.78, 5) is 11.9. The van der Waals surface area contributed by atoms with Crippen LogP contribution < -0.4 is 11.1 Å². The summed E-state index contributed by atoms with van der Waals surface area (Å²) in [6.07, 6.45) is 7.97. The Morgan fingerprint density at radius 1 is 1.29 bits per heavy atom. The van der Waals surface area contributed by atoms with Gasteiger partial charge in [-0.2, -0.15) is 0 Å². The van der Waals surface area contributed by atoms with Crippen LogP contribution in [-0.4, -0.2) is 18.6 Å². The monoisotopic (exact) mass is 310 g/mol. The van der Waals surface area contributed by atoms with Crippen LogP contribution in [0.5, 0.6) is 0 Å². The van der Waals surface area contributed by atoms with Crippen molar-refractivity contribution < 1.29 is 9.53 Å². The maximum atomic E-state index is 11.9. The highest BCUT2D eigenvalue weighted by Crippen LogP contribution is 2.24. The summed E-state index contributed by atoms with van der Waals surface area (Å²) >= 11 is 6.02. The molecule has 1 fully saturated rings. The predicted molar refractivity (Wildman–Crippen MR) is 86.6 cm³/mol. The number of nitrogens with one attached hydrogen (secondary N) is 1. The van der Waals surface area contributed by atoms with Crippen LogP contribution in [0.1, 0.15) is 44.9 Å². The molecule has 1 aliphatic carbocycles. The van der Waals surface area contributed by atoms with Crippen molar-refractivity contribution in [2.24, 2.45) is 0 Å². The highest BCUT2D eigenvalue weighted by molar-refractivity contribution is 6.34. The zero-order chi connectivity index (χ0) is 15.1. The van der Waals surface area contributed by atoms with Crippen molar-refractivity contribution in [3.63, 3.8) is 0 Å². The molecule has 4 nitrogen and oxygen atoms in total. The van der Waals surface area contributed by atoms with Gasteiger partial charge in [-0.1, -0.05) is 37.3 Å². The maximum Gasteiger partial charge on any atom is 0.226 e. The van der Waals surface area contributed by atoms with E-state index in [1.165, 1.54) is 25.7 Å². The van der Waals surface area contributed by atoms with Gasteiger partial charge in [0.25, 0.3) is 0 Å². The number of hydrogen-bond acceptors (Lipinski definition) is 3. The largest absolute Gasteiger partial charge is 0.399 e. The zero-order valence-electron chi connectivity index (χ0n) is 12.2. The summed E-state index contributed by atoms with van der Waals surface area (Å²) in [6, 6.07) is 5.05. The number of benzene rings is 1. The van der Waals surface area contributed by atoms with Crippen molar-refractivity contribution in [2.75, 3.05) is 17.7 Å². The second-order valence-corrected chi connectivity index (χ2v) is 5.93. The summed E-state index contributed by atoms with van der Waals surface area (Å²) in [6.45, 7) is 0.461. The Bertz CT molecular complexity index is 471. The zero-order valence-corrected chi connectivity index (χ0v) is 13.0. The lowest BCUT2D eigenvalue weighted by atomic mass is 10.1. The van der Waals surface area contributed by atoms with Gasteiger partial charge < -0.3 is 15.8 Å². The molecule has 1 saturated carbocycles. The van der Waals surface area contributed by atoms with Crippen LogP contribution in [0.15, 0.2) is 18.2 Å². The van der Waals surface area contributed by atoms with Crippen molar-refractivity contribution in [2.45, 2.75) is 51.0 Å². The molecule has 1 aromatic carbocycles. The van der Waals surface area contributed by atoms with Crippen molar-refractivity contribution in [3.8, 4) is 0 Å². The van der Waals surface area contributed by atoms with Gasteiger partial charge in [0.15, 0.2) is 0 Å². The van der Waals surface area contributed by atoms with Crippen LogP contribution in [0.2, 0.25) is 5.02 Å². The SMILES string of the molecule is Nc1ccc(NC(=O)CCOC2CCCCCC2)c(Cl)c1. The normalized spacial score (nSPS) is 16.4.